The van der Waals surface area contributed by atoms with Crippen molar-refractivity contribution in [3.05, 3.63) is 29.8 Å². The van der Waals surface area contributed by atoms with Crippen LogP contribution in [0.2, 0.25) is 0 Å². The molecule has 1 saturated heterocycles. The molecule has 0 unspecified atom stereocenters. The first kappa shape index (κ1) is 12.6. The van der Waals surface area contributed by atoms with Gasteiger partial charge in [-0.1, -0.05) is 12.5 Å². The van der Waals surface area contributed by atoms with Gasteiger partial charge in [0.1, 0.15) is 0 Å². The van der Waals surface area contributed by atoms with Crippen LogP contribution in [-0.4, -0.2) is 24.4 Å². The van der Waals surface area contributed by atoms with E-state index in [2.05, 4.69) is 10.6 Å². The van der Waals surface area contributed by atoms with E-state index in [-0.39, 0.29) is 11.9 Å². The zero-order valence-corrected chi connectivity index (χ0v) is 10.1. The largest absolute Gasteiger partial charge is 0.366 e. The van der Waals surface area contributed by atoms with Gasteiger partial charge in [-0.3, -0.25) is 9.59 Å². The van der Waals surface area contributed by atoms with E-state index in [0.29, 0.717) is 11.3 Å². The van der Waals surface area contributed by atoms with Gasteiger partial charge in [-0.25, -0.2) is 0 Å². The fraction of sp³-hybridized carbons (Fsp3) is 0.385. The lowest BCUT2D eigenvalue weighted by atomic mass is 10.0. The third-order valence-electron chi connectivity index (χ3n) is 3.04. The Labute approximate surface area is 106 Å². The second-order valence-corrected chi connectivity index (χ2v) is 4.44. The van der Waals surface area contributed by atoms with Crippen LogP contribution in [0, 0.1) is 0 Å². The van der Waals surface area contributed by atoms with E-state index in [4.69, 9.17) is 5.73 Å². The minimum atomic E-state index is -0.498. The maximum absolute atomic E-state index is 12.0. The van der Waals surface area contributed by atoms with Gasteiger partial charge < -0.3 is 16.4 Å². The summed E-state index contributed by atoms with van der Waals surface area (Å²) >= 11 is 0. The molecule has 0 spiro atoms. The summed E-state index contributed by atoms with van der Waals surface area (Å²) in [4.78, 5) is 23.0. The highest BCUT2D eigenvalue weighted by Crippen LogP contribution is 2.13. The molecule has 2 rings (SSSR count). The van der Waals surface area contributed by atoms with Crippen molar-refractivity contribution in [3.8, 4) is 0 Å². The third kappa shape index (κ3) is 3.07. The number of amides is 2. The Kier molecular flexibility index (Phi) is 3.94. The van der Waals surface area contributed by atoms with Gasteiger partial charge in [-0.2, -0.15) is 0 Å². The van der Waals surface area contributed by atoms with Crippen molar-refractivity contribution in [3.63, 3.8) is 0 Å². The molecule has 96 valence electrons. The van der Waals surface area contributed by atoms with Crippen LogP contribution in [0.3, 0.4) is 0 Å². The lowest BCUT2D eigenvalue weighted by molar-refractivity contribution is -0.118. The van der Waals surface area contributed by atoms with Gasteiger partial charge in [-0.05, 0) is 37.6 Å². The summed E-state index contributed by atoms with van der Waals surface area (Å²) < 4.78 is 0. The van der Waals surface area contributed by atoms with Crippen molar-refractivity contribution in [1.29, 1.82) is 0 Å². The maximum atomic E-state index is 12.0. The lowest BCUT2D eigenvalue weighted by Crippen LogP contribution is -2.43. The SMILES string of the molecule is NC(=O)c1cccc(NC(=O)[C@H]2CCCCN2)c1. The van der Waals surface area contributed by atoms with Gasteiger partial charge in [0.15, 0.2) is 0 Å². The monoisotopic (exact) mass is 247 g/mol. The third-order valence-corrected chi connectivity index (χ3v) is 3.04. The minimum absolute atomic E-state index is 0.0590. The molecular formula is C13H17N3O2. The second kappa shape index (κ2) is 5.64. The minimum Gasteiger partial charge on any atom is -0.366 e. The summed E-state index contributed by atoms with van der Waals surface area (Å²) in [5.41, 5.74) is 6.19. The normalized spacial score (nSPS) is 19.2. The first-order chi connectivity index (χ1) is 8.66. The molecule has 0 radical (unpaired) electrons. The predicted molar refractivity (Wildman–Crippen MR) is 69.2 cm³/mol. The highest BCUT2D eigenvalue weighted by molar-refractivity contribution is 5.97. The first-order valence-electron chi connectivity index (χ1n) is 6.11. The molecule has 1 aromatic rings. The first-order valence-corrected chi connectivity index (χ1v) is 6.11. The van der Waals surface area contributed by atoms with Crippen LogP contribution < -0.4 is 16.4 Å². The number of piperidine rings is 1. The van der Waals surface area contributed by atoms with Crippen molar-refractivity contribution in [1.82, 2.24) is 5.32 Å². The molecule has 18 heavy (non-hydrogen) atoms. The van der Waals surface area contributed by atoms with E-state index in [1.807, 2.05) is 0 Å². The van der Waals surface area contributed by atoms with E-state index in [1.54, 1.807) is 24.3 Å². The number of benzene rings is 1. The molecule has 0 aromatic heterocycles. The van der Waals surface area contributed by atoms with Crippen molar-refractivity contribution in [2.75, 3.05) is 11.9 Å². The van der Waals surface area contributed by atoms with Crippen molar-refractivity contribution in [2.24, 2.45) is 5.73 Å². The highest BCUT2D eigenvalue weighted by Gasteiger charge is 2.20. The van der Waals surface area contributed by atoms with E-state index < -0.39 is 5.91 Å². The number of rotatable bonds is 3. The van der Waals surface area contributed by atoms with Gasteiger partial charge in [0.25, 0.3) is 0 Å². The second-order valence-electron chi connectivity index (χ2n) is 4.44. The fourth-order valence-electron chi connectivity index (χ4n) is 2.06. The molecule has 0 aliphatic carbocycles. The van der Waals surface area contributed by atoms with Crippen LogP contribution in [0.1, 0.15) is 29.6 Å². The standard InChI is InChI=1S/C13H17N3O2/c14-12(17)9-4-3-5-10(8-9)16-13(18)11-6-1-2-7-15-11/h3-5,8,11,15H,1-2,6-7H2,(H2,14,17)(H,16,18)/t11-/m1/s1. The summed E-state index contributed by atoms with van der Waals surface area (Å²) in [5.74, 6) is -0.557. The topological polar surface area (TPSA) is 84.2 Å². The molecule has 5 nitrogen and oxygen atoms in total. The van der Waals surface area contributed by atoms with Gasteiger partial charge >= 0.3 is 0 Å². The number of carbonyl (C=O) groups excluding carboxylic acids is 2. The fourth-order valence-corrected chi connectivity index (χ4v) is 2.06. The zero-order chi connectivity index (χ0) is 13.0. The van der Waals surface area contributed by atoms with Gasteiger partial charge in [0.2, 0.25) is 11.8 Å². The number of hydrogen-bond acceptors (Lipinski definition) is 3. The number of primary amides is 1. The van der Waals surface area contributed by atoms with E-state index >= 15 is 0 Å². The van der Waals surface area contributed by atoms with Crippen LogP contribution in [0.4, 0.5) is 5.69 Å². The quantitative estimate of drug-likeness (QED) is 0.741. The lowest BCUT2D eigenvalue weighted by Gasteiger charge is -2.22. The predicted octanol–water partition coefficient (Wildman–Crippen LogP) is 0.866. The van der Waals surface area contributed by atoms with Crippen LogP contribution in [0.25, 0.3) is 0 Å². The molecule has 1 atom stereocenters. The molecule has 5 heteroatoms. The molecule has 1 aromatic carbocycles. The van der Waals surface area contributed by atoms with Gasteiger partial charge in [0.05, 0.1) is 6.04 Å². The molecule has 1 heterocycles. The van der Waals surface area contributed by atoms with Gasteiger partial charge in [0, 0.05) is 11.3 Å². The molecular weight excluding hydrogens is 230 g/mol. The molecule has 2 amide bonds. The van der Waals surface area contributed by atoms with E-state index in [9.17, 15) is 9.59 Å². The molecule has 1 aliphatic heterocycles. The summed E-state index contributed by atoms with van der Waals surface area (Å²) in [7, 11) is 0. The summed E-state index contributed by atoms with van der Waals surface area (Å²) in [6.45, 7) is 0.874. The van der Waals surface area contributed by atoms with Crippen LogP contribution in [0.5, 0.6) is 0 Å². The summed E-state index contributed by atoms with van der Waals surface area (Å²) in [6.07, 6.45) is 3.02. The average Bonchev–Trinajstić information content (AvgIpc) is 2.40. The van der Waals surface area contributed by atoms with E-state index in [1.165, 1.54) is 0 Å². The number of nitrogens with one attached hydrogen (secondary N) is 2. The van der Waals surface area contributed by atoms with Crippen molar-refractivity contribution >= 4 is 17.5 Å². The molecule has 4 N–H and O–H groups in total. The number of carbonyl (C=O) groups is 2. The molecule has 0 saturated carbocycles. The number of anilines is 1. The smallest absolute Gasteiger partial charge is 0.248 e. The Hall–Kier alpha value is -1.88. The summed E-state index contributed by atoms with van der Waals surface area (Å²) in [5, 5.41) is 5.97. The Morgan fingerprint density at radius 3 is 2.83 bits per heavy atom. The Morgan fingerprint density at radius 1 is 1.33 bits per heavy atom. The number of hydrogen-bond donors (Lipinski definition) is 3. The van der Waals surface area contributed by atoms with Crippen molar-refractivity contribution < 1.29 is 9.59 Å². The van der Waals surface area contributed by atoms with E-state index in [0.717, 1.165) is 25.8 Å². The Morgan fingerprint density at radius 2 is 2.17 bits per heavy atom. The zero-order valence-electron chi connectivity index (χ0n) is 10.1. The average molecular weight is 247 g/mol. The van der Waals surface area contributed by atoms with Gasteiger partial charge in [-0.15, -0.1) is 0 Å². The molecule has 0 bridgehead atoms. The molecule has 1 fully saturated rings. The summed E-state index contributed by atoms with van der Waals surface area (Å²) in [6, 6.07) is 6.51. The Balaban J connectivity index is 2.02. The van der Waals surface area contributed by atoms with Crippen LogP contribution in [0.15, 0.2) is 24.3 Å². The maximum Gasteiger partial charge on any atom is 0.248 e. The van der Waals surface area contributed by atoms with Crippen molar-refractivity contribution in [2.45, 2.75) is 25.3 Å². The molecule has 1 aliphatic rings. The Bertz CT molecular complexity index is 453. The number of nitrogens with two attached hydrogens (primary N) is 1. The van der Waals surface area contributed by atoms with Crippen LogP contribution in [-0.2, 0) is 4.79 Å². The highest BCUT2D eigenvalue weighted by atomic mass is 16.2. The van der Waals surface area contributed by atoms with Crippen LogP contribution >= 0.6 is 0 Å².